The van der Waals surface area contributed by atoms with Gasteiger partial charge >= 0.3 is 0 Å². The summed E-state index contributed by atoms with van der Waals surface area (Å²) in [6.45, 7) is 1.25. The smallest absolute Gasteiger partial charge is 0.165 e. The van der Waals surface area contributed by atoms with E-state index in [-0.39, 0.29) is 5.75 Å². The van der Waals surface area contributed by atoms with Crippen LogP contribution in [-0.2, 0) is 13.0 Å². The van der Waals surface area contributed by atoms with Crippen molar-refractivity contribution < 1.29 is 9.50 Å². The summed E-state index contributed by atoms with van der Waals surface area (Å²) in [7, 11) is 0. The minimum atomic E-state index is -0.579. The summed E-state index contributed by atoms with van der Waals surface area (Å²) >= 11 is 0. The monoisotopic (exact) mass is 249 g/mol. The van der Waals surface area contributed by atoms with Crippen LogP contribution < -0.4 is 5.32 Å². The highest BCUT2D eigenvalue weighted by molar-refractivity contribution is 5.33. The van der Waals surface area contributed by atoms with Gasteiger partial charge in [-0.2, -0.15) is 0 Å². The molecule has 1 heterocycles. The van der Waals surface area contributed by atoms with Crippen molar-refractivity contribution in [2.24, 2.45) is 0 Å². The summed E-state index contributed by atoms with van der Waals surface area (Å²) in [4.78, 5) is 7.16. The molecule has 0 aliphatic heterocycles. The van der Waals surface area contributed by atoms with Gasteiger partial charge in [0.05, 0.1) is 0 Å². The second kappa shape index (κ2) is 6.16. The Labute approximate surface area is 105 Å². The fourth-order valence-electron chi connectivity index (χ4n) is 1.74. The van der Waals surface area contributed by atoms with Gasteiger partial charge in [0.25, 0.3) is 0 Å². The van der Waals surface area contributed by atoms with E-state index in [0.717, 1.165) is 25.2 Å². The van der Waals surface area contributed by atoms with Gasteiger partial charge in [0.1, 0.15) is 5.82 Å². The number of aromatic nitrogens is 2. The fourth-order valence-corrected chi connectivity index (χ4v) is 1.74. The molecule has 5 heteroatoms. The van der Waals surface area contributed by atoms with Crippen LogP contribution in [-0.4, -0.2) is 21.6 Å². The van der Waals surface area contributed by atoms with Crippen LogP contribution in [0, 0.1) is 5.82 Å². The molecule has 1 aromatic heterocycles. The summed E-state index contributed by atoms with van der Waals surface area (Å²) in [5, 5.41) is 12.6. The number of halogens is 1. The number of phenols is 1. The topological polar surface area (TPSA) is 60.9 Å². The minimum absolute atomic E-state index is 0.268. The van der Waals surface area contributed by atoms with Crippen LogP contribution in [0.2, 0.25) is 0 Å². The van der Waals surface area contributed by atoms with Crippen molar-refractivity contribution in [1.82, 2.24) is 15.3 Å². The van der Waals surface area contributed by atoms with Gasteiger partial charge in [-0.05, 0) is 19.0 Å². The average Bonchev–Trinajstić information content (AvgIpc) is 2.87. The molecule has 2 rings (SSSR count). The predicted octanol–water partition coefficient (Wildman–Crippen LogP) is 1.98. The molecule has 0 fully saturated rings. The number of aromatic hydroxyl groups is 1. The van der Waals surface area contributed by atoms with Gasteiger partial charge in [0.15, 0.2) is 11.6 Å². The number of benzene rings is 1. The van der Waals surface area contributed by atoms with Crippen LogP contribution in [0.15, 0.2) is 30.6 Å². The Balaban J connectivity index is 1.70. The minimum Gasteiger partial charge on any atom is -0.505 e. The molecule has 4 nitrogen and oxygen atoms in total. The third-order valence-electron chi connectivity index (χ3n) is 2.71. The van der Waals surface area contributed by atoms with Gasteiger partial charge in [-0.3, -0.25) is 0 Å². The van der Waals surface area contributed by atoms with Crippen LogP contribution >= 0.6 is 0 Å². The van der Waals surface area contributed by atoms with E-state index in [2.05, 4.69) is 15.3 Å². The van der Waals surface area contributed by atoms with Crippen molar-refractivity contribution in [3.05, 3.63) is 47.8 Å². The normalized spacial score (nSPS) is 10.7. The third-order valence-corrected chi connectivity index (χ3v) is 2.71. The van der Waals surface area contributed by atoms with Crippen molar-refractivity contribution in [3.8, 4) is 5.75 Å². The summed E-state index contributed by atoms with van der Waals surface area (Å²) in [5.41, 5.74) is 0.577. The SMILES string of the molecule is Oc1c(F)cccc1CNCCCc1ncc[nH]1. The molecular formula is C13H16FN3O. The first kappa shape index (κ1) is 12.6. The van der Waals surface area contributed by atoms with Crippen LogP contribution in [0.1, 0.15) is 17.8 Å². The van der Waals surface area contributed by atoms with Crippen LogP contribution in [0.5, 0.6) is 5.75 Å². The lowest BCUT2D eigenvalue weighted by Crippen LogP contribution is -2.15. The zero-order valence-electron chi connectivity index (χ0n) is 9.99. The summed E-state index contributed by atoms with van der Waals surface area (Å²) in [6.07, 6.45) is 5.33. The van der Waals surface area contributed by atoms with E-state index in [4.69, 9.17) is 0 Å². The highest BCUT2D eigenvalue weighted by Gasteiger charge is 2.05. The van der Waals surface area contributed by atoms with Gasteiger partial charge < -0.3 is 15.4 Å². The van der Waals surface area contributed by atoms with E-state index in [1.165, 1.54) is 6.07 Å². The van der Waals surface area contributed by atoms with Crippen molar-refractivity contribution in [1.29, 1.82) is 0 Å². The Hall–Kier alpha value is -1.88. The number of hydrogen-bond donors (Lipinski definition) is 3. The fraction of sp³-hybridized carbons (Fsp3) is 0.308. The Morgan fingerprint density at radius 1 is 1.39 bits per heavy atom. The molecule has 0 spiro atoms. The summed E-state index contributed by atoms with van der Waals surface area (Å²) in [6, 6.07) is 4.54. The quantitative estimate of drug-likeness (QED) is 0.686. The molecule has 0 aliphatic carbocycles. The number of nitrogens with zero attached hydrogens (tertiary/aromatic N) is 1. The maximum Gasteiger partial charge on any atom is 0.165 e. The van der Waals surface area contributed by atoms with E-state index in [9.17, 15) is 9.50 Å². The first-order valence-corrected chi connectivity index (χ1v) is 5.92. The molecule has 2 aromatic rings. The van der Waals surface area contributed by atoms with E-state index in [0.29, 0.717) is 12.1 Å². The number of nitrogens with one attached hydrogen (secondary N) is 2. The highest BCUT2D eigenvalue weighted by atomic mass is 19.1. The molecule has 0 saturated carbocycles. The highest BCUT2D eigenvalue weighted by Crippen LogP contribution is 2.20. The maximum atomic E-state index is 13.1. The molecule has 1 aromatic carbocycles. The van der Waals surface area contributed by atoms with Crippen LogP contribution in [0.3, 0.4) is 0 Å². The molecular weight excluding hydrogens is 233 g/mol. The van der Waals surface area contributed by atoms with Crippen molar-refractivity contribution >= 4 is 0 Å². The van der Waals surface area contributed by atoms with Gasteiger partial charge in [0, 0.05) is 30.9 Å². The average molecular weight is 249 g/mol. The maximum absolute atomic E-state index is 13.1. The van der Waals surface area contributed by atoms with Crippen molar-refractivity contribution in [3.63, 3.8) is 0 Å². The Morgan fingerprint density at radius 2 is 2.28 bits per heavy atom. The molecule has 0 bridgehead atoms. The molecule has 0 radical (unpaired) electrons. The Kier molecular flexibility index (Phi) is 4.30. The first-order chi connectivity index (χ1) is 8.77. The lowest BCUT2D eigenvalue weighted by atomic mass is 10.2. The molecule has 96 valence electrons. The Morgan fingerprint density at radius 3 is 3.06 bits per heavy atom. The Bertz CT molecular complexity index is 485. The number of hydrogen-bond acceptors (Lipinski definition) is 3. The summed E-state index contributed by atoms with van der Waals surface area (Å²) < 4.78 is 13.1. The van der Waals surface area contributed by atoms with E-state index in [1.54, 1.807) is 24.5 Å². The van der Waals surface area contributed by atoms with E-state index < -0.39 is 5.82 Å². The van der Waals surface area contributed by atoms with Gasteiger partial charge in [0.2, 0.25) is 0 Å². The molecule has 0 unspecified atom stereocenters. The molecule has 0 saturated heterocycles. The molecule has 3 N–H and O–H groups in total. The lowest BCUT2D eigenvalue weighted by Gasteiger charge is -2.06. The lowest BCUT2D eigenvalue weighted by molar-refractivity contribution is 0.423. The van der Waals surface area contributed by atoms with Gasteiger partial charge in [-0.15, -0.1) is 0 Å². The molecule has 0 aliphatic rings. The number of aryl methyl sites for hydroxylation is 1. The largest absolute Gasteiger partial charge is 0.505 e. The standard InChI is InChI=1S/C13H16FN3O/c14-11-4-1-3-10(13(11)18)9-15-6-2-5-12-16-7-8-17-12/h1,3-4,7-8,15,18H,2,5-6,9H2,(H,16,17). The number of H-pyrrole nitrogens is 1. The van der Waals surface area contributed by atoms with E-state index in [1.807, 2.05) is 0 Å². The first-order valence-electron chi connectivity index (χ1n) is 5.92. The predicted molar refractivity (Wildman–Crippen MR) is 66.7 cm³/mol. The van der Waals surface area contributed by atoms with Gasteiger partial charge in [-0.25, -0.2) is 9.37 Å². The second-order valence-corrected chi connectivity index (χ2v) is 4.06. The number of rotatable bonds is 6. The second-order valence-electron chi connectivity index (χ2n) is 4.06. The number of aromatic amines is 1. The zero-order chi connectivity index (χ0) is 12.8. The molecule has 18 heavy (non-hydrogen) atoms. The van der Waals surface area contributed by atoms with Crippen LogP contribution in [0.4, 0.5) is 4.39 Å². The molecule has 0 amide bonds. The van der Waals surface area contributed by atoms with Crippen molar-refractivity contribution in [2.45, 2.75) is 19.4 Å². The third kappa shape index (κ3) is 3.30. The van der Waals surface area contributed by atoms with E-state index >= 15 is 0 Å². The number of para-hydroxylation sites is 1. The zero-order valence-corrected chi connectivity index (χ0v) is 9.99. The van der Waals surface area contributed by atoms with Gasteiger partial charge in [-0.1, -0.05) is 12.1 Å². The number of imidazole rings is 1. The number of phenolic OH excluding ortho intramolecular Hbond substituents is 1. The summed E-state index contributed by atoms with van der Waals surface area (Å²) in [5.74, 6) is 0.117. The van der Waals surface area contributed by atoms with Crippen LogP contribution in [0.25, 0.3) is 0 Å². The van der Waals surface area contributed by atoms with Crippen molar-refractivity contribution in [2.75, 3.05) is 6.54 Å². The molecule has 0 atom stereocenters.